The molecule has 20 heavy (non-hydrogen) atoms. The normalized spacial score (nSPS) is 35.1. The molecular formula is C18H34O2. The van der Waals surface area contributed by atoms with Gasteiger partial charge in [0.25, 0.3) is 0 Å². The largest absolute Gasteiger partial charge is 0.347 e. The van der Waals surface area contributed by atoms with Crippen molar-refractivity contribution in [1.82, 2.24) is 0 Å². The number of rotatable bonds is 5. The van der Waals surface area contributed by atoms with Crippen molar-refractivity contribution in [3.05, 3.63) is 0 Å². The molecule has 1 spiro atoms. The van der Waals surface area contributed by atoms with E-state index in [0.29, 0.717) is 11.5 Å². The lowest BCUT2D eigenvalue weighted by atomic mass is 9.66. The Kier molecular flexibility index (Phi) is 5.18. The zero-order valence-electron chi connectivity index (χ0n) is 14.2. The van der Waals surface area contributed by atoms with Gasteiger partial charge in [-0.25, -0.2) is 0 Å². The lowest BCUT2D eigenvalue weighted by Gasteiger charge is -2.43. The lowest BCUT2D eigenvalue weighted by Crippen LogP contribution is -2.39. The maximum absolute atomic E-state index is 6.25. The SMILES string of the molecule is CCCC1COC2(CCC(C(C)(C)CC(C)C)CC2)O1. The Morgan fingerprint density at radius 3 is 2.40 bits per heavy atom. The smallest absolute Gasteiger partial charge is 0.168 e. The highest BCUT2D eigenvalue weighted by molar-refractivity contribution is 4.90. The minimum Gasteiger partial charge on any atom is -0.347 e. The Bertz CT molecular complexity index is 301. The van der Waals surface area contributed by atoms with Crippen molar-refractivity contribution in [2.75, 3.05) is 6.61 Å². The molecule has 1 heterocycles. The highest BCUT2D eigenvalue weighted by Gasteiger charge is 2.46. The van der Waals surface area contributed by atoms with Gasteiger partial charge in [-0.15, -0.1) is 0 Å². The highest BCUT2D eigenvalue weighted by atomic mass is 16.7. The molecule has 118 valence electrons. The summed E-state index contributed by atoms with van der Waals surface area (Å²) in [4.78, 5) is 0. The second kappa shape index (κ2) is 6.36. The molecule has 2 rings (SSSR count). The first-order valence-corrected chi connectivity index (χ1v) is 8.69. The topological polar surface area (TPSA) is 18.5 Å². The molecule has 1 aliphatic carbocycles. The Morgan fingerprint density at radius 1 is 1.20 bits per heavy atom. The molecule has 1 unspecified atom stereocenters. The maximum Gasteiger partial charge on any atom is 0.168 e. The first-order chi connectivity index (χ1) is 9.37. The van der Waals surface area contributed by atoms with Gasteiger partial charge >= 0.3 is 0 Å². The van der Waals surface area contributed by atoms with Crippen molar-refractivity contribution in [3.63, 3.8) is 0 Å². The zero-order valence-corrected chi connectivity index (χ0v) is 14.2. The van der Waals surface area contributed by atoms with E-state index in [9.17, 15) is 0 Å². The summed E-state index contributed by atoms with van der Waals surface area (Å²) in [5.74, 6) is 1.39. The van der Waals surface area contributed by atoms with Crippen LogP contribution in [0.25, 0.3) is 0 Å². The van der Waals surface area contributed by atoms with Gasteiger partial charge in [-0.2, -0.15) is 0 Å². The standard InChI is InChI=1S/C18H34O2/c1-6-7-16-13-19-18(20-16)10-8-15(9-11-18)17(4,5)12-14(2)3/h14-16H,6-13H2,1-5H3. The van der Waals surface area contributed by atoms with Crippen LogP contribution in [0.5, 0.6) is 0 Å². The molecule has 2 aliphatic rings. The molecule has 0 bridgehead atoms. The van der Waals surface area contributed by atoms with E-state index in [0.717, 1.165) is 37.7 Å². The second-order valence-corrected chi connectivity index (χ2v) is 8.11. The van der Waals surface area contributed by atoms with E-state index in [2.05, 4.69) is 34.6 Å². The van der Waals surface area contributed by atoms with E-state index in [4.69, 9.17) is 9.47 Å². The quantitative estimate of drug-likeness (QED) is 0.693. The Labute approximate surface area is 125 Å². The van der Waals surface area contributed by atoms with Crippen molar-refractivity contribution in [1.29, 1.82) is 0 Å². The van der Waals surface area contributed by atoms with E-state index < -0.39 is 0 Å². The first kappa shape index (κ1) is 16.3. The van der Waals surface area contributed by atoms with Crippen LogP contribution in [-0.4, -0.2) is 18.5 Å². The second-order valence-electron chi connectivity index (χ2n) is 8.11. The molecule has 0 radical (unpaired) electrons. The van der Waals surface area contributed by atoms with Crippen LogP contribution >= 0.6 is 0 Å². The highest BCUT2D eigenvalue weighted by Crippen LogP contribution is 2.48. The Morgan fingerprint density at radius 2 is 1.85 bits per heavy atom. The summed E-state index contributed by atoms with van der Waals surface area (Å²) in [6.45, 7) is 12.6. The molecule has 1 saturated carbocycles. The van der Waals surface area contributed by atoms with Crippen LogP contribution in [0.15, 0.2) is 0 Å². The molecule has 1 atom stereocenters. The van der Waals surface area contributed by atoms with E-state index in [1.165, 1.54) is 25.7 Å². The van der Waals surface area contributed by atoms with Crippen molar-refractivity contribution in [3.8, 4) is 0 Å². The van der Waals surface area contributed by atoms with Crippen LogP contribution in [0.2, 0.25) is 0 Å². The van der Waals surface area contributed by atoms with Crippen LogP contribution in [0.4, 0.5) is 0 Å². The van der Waals surface area contributed by atoms with Crippen LogP contribution in [0.1, 0.15) is 79.6 Å². The summed E-state index contributed by atoms with van der Waals surface area (Å²) in [6, 6.07) is 0. The van der Waals surface area contributed by atoms with Crippen molar-refractivity contribution >= 4 is 0 Å². The van der Waals surface area contributed by atoms with Gasteiger partial charge in [0.05, 0.1) is 12.7 Å². The van der Waals surface area contributed by atoms with Crippen LogP contribution < -0.4 is 0 Å². The van der Waals surface area contributed by atoms with Crippen molar-refractivity contribution in [2.45, 2.75) is 91.5 Å². The molecule has 2 heteroatoms. The van der Waals surface area contributed by atoms with Crippen molar-refractivity contribution < 1.29 is 9.47 Å². The molecule has 0 amide bonds. The summed E-state index contributed by atoms with van der Waals surface area (Å²) < 4.78 is 12.3. The molecule has 0 aromatic carbocycles. The number of hydrogen-bond donors (Lipinski definition) is 0. The average Bonchev–Trinajstić information content (AvgIpc) is 2.72. The molecule has 1 aliphatic heterocycles. The fourth-order valence-corrected chi connectivity index (χ4v) is 4.40. The monoisotopic (exact) mass is 282 g/mol. The third-order valence-electron chi connectivity index (χ3n) is 5.31. The fourth-order valence-electron chi connectivity index (χ4n) is 4.40. The van der Waals surface area contributed by atoms with Gasteiger partial charge in [0.1, 0.15) is 0 Å². The number of hydrogen-bond acceptors (Lipinski definition) is 2. The van der Waals surface area contributed by atoms with Crippen LogP contribution in [0, 0.1) is 17.3 Å². The molecule has 2 fully saturated rings. The summed E-state index contributed by atoms with van der Waals surface area (Å²) >= 11 is 0. The Hall–Kier alpha value is -0.0800. The number of ether oxygens (including phenoxy) is 2. The van der Waals surface area contributed by atoms with Gasteiger partial charge in [0.15, 0.2) is 5.79 Å². The van der Waals surface area contributed by atoms with Gasteiger partial charge in [0.2, 0.25) is 0 Å². The third-order valence-corrected chi connectivity index (χ3v) is 5.31. The van der Waals surface area contributed by atoms with Gasteiger partial charge < -0.3 is 9.47 Å². The van der Waals surface area contributed by atoms with E-state index >= 15 is 0 Å². The molecular weight excluding hydrogens is 248 g/mol. The predicted molar refractivity (Wildman–Crippen MR) is 83.7 cm³/mol. The summed E-state index contributed by atoms with van der Waals surface area (Å²) in [7, 11) is 0. The van der Waals surface area contributed by atoms with E-state index in [-0.39, 0.29) is 5.79 Å². The molecule has 0 N–H and O–H groups in total. The van der Waals surface area contributed by atoms with Crippen molar-refractivity contribution in [2.24, 2.45) is 17.3 Å². The van der Waals surface area contributed by atoms with Crippen LogP contribution in [-0.2, 0) is 9.47 Å². The first-order valence-electron chi connectivity index (χ1n) is 8.69. The van der Waals surface area contributed by atoms with Gasteiger partial charge in [-0.1, -0.05) is 41.0 Å². The molecule has 1 saturated heterocycles. The fraction of sp³-hybridized carbons (Fsp3) is 1.00. The van der Waals surface area contributed by atoms with Gasteiger partial charge in [-0.05, 0) is 42.9 Å². The zero-order chi connectivity index (χ0) is 14.8. The van der Waals surface area contributed by atoms with Gasteiger partial charge in [0, 0.05) is 12.8 Å². The minimum absolute atomic E-state index is 0.218. The molecule has 2 nitrogen and oxygen atoms in total. The van der Waals surface area contributed by atoms with Gasteiger partial charge in [-0.3, -0.25) is 0 Å². The minimum atomic E-state index is -0.218. The molecule has 0 aromatic rings. The summed E-state index contributed by atoms with van der Waals surface area (Å²) in [5.41, 5.74) is 0.456. The van der Waals surface area contributed by atoms with Crippen LogP contribution in [0.3, 0.4) is 0 Å². The Balaban J connectivity index is 1.86. The van der Waals surface area contributed by atoms with E-state index in [1.54, 1.807) is 0 Å². The average molecular weight is 282 g/mol. The summed E-state index contributed by atoms with van der Waals surface area (Å²) in [6.07, 6.45) is 8.72. The lowest BCUT2D eigenvalue weighted by molar-refractivity contribution is -0.197. The van der Waals surface area contributed by atoms with E-state index in [1.807, 2.05) is 0 Å². The maximum atomic E-state index is 6.25. The predicted octanol–water partition coefficient (Wildman–Crippen LogP) is 5.16. The molecule has 0 aromatic heterocycles. The summed E-state index contributed by atoms with van der Waals surface area (Å²) in [5, 5.41) is 0. The third kappa shape index (κ3) is 3.76.